The first-order chi connectivity index (χ1) is 18.3. The van der Waals surface area contributed by atoms with Crippen LogP contribution in [0.15, 0.2) is 48.5 Å². The van der Waals surface area contributed by atoms with Gasteiger partial charge in [-0.25, -0.2) is 9.59 Å². The van der Waals surface area contributed by atoms with Crippen LogP contribution in [0.2, 0.25) is 0 Å². The van der Waals surface area contributed by atoms with Crippen LogP contribution in [0.1, 0.15) is 12.8 Å². The van der Waals surface area contributed by atoms with Gasteiger partial charge in [-0.15, -0.1) is 0 Å². The number of amides is 4. The Kier molecular flexibility index (Phi) is 8.62. The third-order valence-corrected chi connectivity index (χ3v) is 6.33. The van der Waals surface area contributed by atoms with Crippen LogP contribution in [0, 0.1) is 20.2 Å². The van der Waals surface area contributed by atoms with Gasteiger partial charge in [-0.3, -0.25) is 35.8 Å². The average Bonchev–Trinajstić information content (AvgIpc) is 2.90. The van der Waals surface area contributed by atoms with Crippen molar-refractivity contribution in [1.82, 2.24) is 26.2 Å². The van der Waals surface area contributed by atoms with E-state index in [2.05, 4.69) is 36.8 Å². The first-order valence-corrected chi connectivity index (χ1v) is 12.1. The van der Waals surface area contributed by atoms with E-state index in [4.69, 9.17) is 0 Å². The number of fused-ring (bicyclic) bond motifs is 1. The summed E-state index contributed by atoms with van der Waals surface area (Å²) in [5.74, 6) is 0. The first kappa shape index (κ1) is 26.7. The fraction of sp³-hybridized carbons (Fsp3) is 0.391. The van der Waals surface area contributed by atoms with Crippen LogP contribution in [-0.4, -0.2) is 71.4 Å². The molecule has 6 N–H and O–H groups in total. The summed E-state index contributed by atoms with van der Waals surface area (Å²) in [5.41, 5.74) is 0.452. The Balaban J connectivity index is 1.19. The van der Waals surface area contributed by atoms with Gasteiger partial charge in [-0.05, 0) is 25.0 Å². The third kappa shape index (κ3) is 7.34. The van der Waals surface area contributed by atoms with E-state index in [1.165, 1.54) is 36.4 Å². The highest BCUT2D eigenvalue weighted by Gasteiger charge is 2.33. The summed E-state index contributed by atoms with van der Waals surface area (Å²) < 4.78 is 0. The molecule has 0 unspecified atom stereocenters. The van der Waals surface area contributed by atoms with Crippen LogP contribution in [-0.2, 0) is 0 Å². The quantitative estimate of drug-likeness (QED) is 0.219. The molecule has 2 saturated heterocycles. The third-order valence-electron chi connectivity index (χ3n) is 6.33. The molecule has 2 fully saturated rings. The summed E-state index contributed by atoms with van der Waals surface area (Å²) in [7, 11) is 0. The Hall–Kier alpha value is -4.34. The monoisotopic (exact) mass is 527 g/mol. The van der Waals surface area contributed by atoms with Crippen molar-refractivity contribution in [3.8, 4) is 0 Å². The molecular weight excluding hydrogens is 498 g/mol. The Bertz CT molecular complexity index is 1110. The lowest BCUT2D eigenvalue weighted by Gasteiger charge is -2.46. The van der Waals surface area contributed by atoms with Crippen molar-refractivity contribution < 1.29 is 19.4 Å². The van der Waals surface area contributed by atoms with Gasteiger partial charge in [-0.1, -0.05) is 12.1 Å². The number of rotatable bonds is 8. The normalized spacial score (nSPS) is 19.6. The van der Waals surface area contributed by atoms with Gasteiger partial charge >= 0.3 is 12.1 Å². The molecule has 2 aliphatic rings. The summed E-state index contributed by atoms with van der Waals surface area (Å²) >= 11 is 0. The SMILES string of the molecule is O=C(NC[C@@H]1CCN2CC[C@@H](CNC(=O)Nc3cccc([N+](=O)[O-])c3)NC2N1)Nc1cccc([N+](=O)[O-])c1. The maximum absolute atomic E-state index is 12.3. The van der Waals surface area contributed by atoms with Crippen molar-refractivity contribution in [3.05, 3.63) is 68.8 Å². The molecule has 15 heteroatoms. The minimum atomic E-state index is -0.523. The van der Waals surface area contributed by atoms with Crippen LogP contribution in [0.3, 0.4) is 0 Å². The predicted octanol–water partition coefficient (Wildman–Crippen LogP) is 1.76. The number of hydrogen-bond acceptors (Lipinski definition) is 9. The fourth-order valence-electron chi connectivity index (χ4n) is 4.38. The molecule has 0 spiro atoms. The number of hydrogen-bond donors (Lipinski definition) is 6. The number of anilines is 2. The molecule has 0 aliphatic carbocycles. The van der Waals surface area contributed by atoms with Crippen molar-refractivity contribution in [2.45, 2.75) is 31.2 Å². The molecular formula is C23H29N9O6. The molecule has 202 valence electrons. The second kappa shape index (κ2) is 12.3. The maximum atomic E-state index is 12.3. The fourth-order valence-corrected chi connectivity index (χ4v) is 4.38. The van der Waals surface area contributed by atoms with Gasteiger partial charge in [0.15, 0.2) is 0 Å². The van der Waals surface area contributed by atoms with Crippen LogP contribution in [0.25, 0.3) is 0 Å². The summed E-state index contributed by atoms with van der Waals surface area (Å²) in [4.78, 5) is 47.6. The van der Waals surface area contributed by atoms with Crippen molar-refractivity contribution in [2.24, 2.45) is 0 Å². The largest absolute Gasteiger partial charge is 0.336 e. The molecule has 38 heavy (non-hydrogen) atoms. The second-order valence-electron chi connectivity index (χ2n) is 9.03. The smallest absolute Gasteiger partial charge is 0.319 e. The van der Waals surface area contributed by atoms with E-state index in [0.29, 0.717) is 24.5 Å². The number of nitrogens with one attached hydrogen (secondary N) is 6. The van der Waals surface area contributed by atoms with E-state index >= 15 is 0 Å². The minimum absolute atomic E-state index is 0.00323. The van der Waals surface area contributed by atoms with E-state index in [-0.39, 0.29) is 29.7 Å². The Morgan fingerprint density at radius 2 is 1.26 bits per heavy atom. The van der Waals surface area contributed by atoms with Crippen molar-refractivity contribution >= 4 is 34.8 Å². The van der Waals surface area contributed by atoms with Crippen LogP contribution < -0.4 is 31.9 Å². The van der Waals surface area contributed by atoms with E-state index < -0.39 is 21.9 Å². The van der Waals surface area contributed by atoms with Gasteiger partial charge in [0.05, 0.1) is 9.85 Å². The van der Waals surface area contributed by atoms with Crippen LogP contribution in [0.5, 0.6) is 0 Å². The molecule has 2 heterocycles. The zero-order valence-corrected chi connectivity index (χ0v) is 20.4. The van der Waals surface area contributed by atoms with Crippen molar-refractivity contribution in [3.63, 3.8) is 0 Å². The number of carbonyl (C=O) groups excluding carboxylic acids is 2. The zero-order valence-electron chi connectivity index (χ0n) is 20.4. The summed E-state index contributed by atoms with van der Waals surface area (Å²) in [6.07, 6.45) is 1.52. The Morgan fingerprint density at radius 3 is 1.68 bits per heavy atom. The van der Waals surface area contributed by atoms with E-state index in [9.17, 15) is 29.8 Å². The molecule has 2 aromatic rings. The highest BCUT2D eigenvalue weighted by atomic mass is 16.6. The molecule has 0 radical (unpaired) electrons. The predicted molar refractivity (Wildman–Crippen MR) is 139 cm³/mol. The van der Waals surface area contributed by atoms with Crippen LogP contribution >= 0.6 is 0 Å². The van der Waals surface area contributed by atoms with E-state index in [1.807, 2.05) is 0 Å². The lowest BCUT2D eigenvalue weighted by atomic mass is 10.1. The number of urea groups is 2. The van der Waals surface area contributed by atoms with Crippen molar-refractivity contribution in [2.75, 3.05) is 36.8 Å². The second-order valence-corrected chi connectivity index (χ2v) is 9.03. The van der Waals surface area contributed by atoms with Gasteiger partial charge in [-0.2, -0.15) is 0 Å². The van der Waals surface area contributed by atoms with Gasteiger partial charge in [0.2, 0.25) is 0 Å². The zero-order chi connectivity index (χ0) is 27.1. The number of nitrogens with zero attached hydrogens (tertiary/aromatic N) is 3. The summed E-state index contributed by atoms with van der Waals surface area (Å²) in [5, 5.41) is 39.5. The number of nitro benzene ring substituents is 2. The Morgan fingerprint density at radius 1 is 0.816 bits per heavy atom. The van der Waals surface area contributed by atoms with E-state index in [1.54, 1.807) is 12.1 Å². The lowest BCUT2D eigenvalue weighted by Crippen LogP contribution is -2.69. The molecule has 2 aromatic carbocycles. The molecule has 15 nitrogen and oxygen atoms in total. The first-order valence-electron chi connectivity index (χ1n) is 12.1. The van der Waals surface area contributed by atoms with Gasteiger partial charge in [0.1, 0.15) is 6.29 Å². The maximum Gasteiger partial charge on any atom is 0.319 e. The highest BCUT2D eigenvalue weighted by Crippen LogP contribution is 2.18. The molecule has 2 atom stereocenters. The summed E-state index contributed by atoms with van der Waals surface area (Å²) in [6.45, 7) is 2.39. The van der Waals surface area contributed by atoms with Gasteiger partial charge in [0, 0.05) is 73.9 Å². The molecule has 0 saturated carbocycles. The molecule has 2 aliphatic heterocycles. The average molecular weight is 528 g/mol. The van der Waals surface area contributed by atoms with E-state index in [0.717, 1.165) is 25.9 Å². The number of non-ortho nitro benzene ring substituents is 2. The van der Waals surface area contributed by atoms with Gasteiger partial charge in [0.25, 0.3) is 11.4 Å². The molecule has 4 rings (SSSR count). The molecule has 0 aromatic heterocycles. The lowest BCUT2D eigenvalue weighted by molar-refractivity contribution is -0.385. The topological polar surface area (TPSA) is 196 Å². The molecule has 0 bridgehead atoms. The minimum Gasteiger partial charge on any atom is -0.336 e. The standard InChI is InChI=1S/C23H29N9O6/c33-22(28-15-3-1-5-19(11-15)31(35)36)24-13-17-7-9-30-10-8-18(27-21(30)26-17)14-25-23(34)29-16-4-2-6-20(12-16)32(37)38/h1-6,11-12,17-18,21,26-27H,7-10,13-14H2,(H2,24,28,33)(H2,25,29,34)/t17-,18-/m0/s1. The number of benzene rings is 2. The van der Waals surface area contributed by atoms with Crippen LogP contribution in [0.4, 0.5) is 32.3 Å². The van der Waals surface area contributed by atoms with Gasteiger partial charge < -0.3 is 21.3 Å². The highest BCUT2D eigenvalue weighted by molar-refractivity contribution is 5.90. The Labute approximate surface area is 217 Å². The number of carbonyl (C=O) groups is 2. The summed E-state index contributed by atoms with van der Waals surface area (Å²) in [6, 6.07) is 10.5. The molecule has 4 amide bonds. The van der Waals surface area contributed by atoms with Crippen molar-refractivity contribution in [1.29, 1.82) is 0 Å². The number of nitro groups is 2.